The molecule has 0 N–H and O–H groups in total. The van der Waals surface area contributed by atoms with Crippen molar-refractivity contribution in [2.75, 3.05) is 0 Å². The molecule has 0 aromatic carbocycles. The maximum Gasteiger partial charge on any atom is 0 e. The second-order valence-electron chi connectivity index (χ2n) is 2.41. The van der Waals surface area contributed by atoms with Crippen LogP contribution in [0.4, 0.5) is 0 Å². The summed E-state index contributed by atoms with van der Waals surface area (Å²) >= 11 is 0. The van der Waals surface area contributed by atoms with E-state index >= 15 is 0 Å². The Morgan fingerprint density at radius 1 is 0.667 bits per heavy atom. The highest BCUT2D eigenvalue weighted by atomic mass is 24.3. The Balaban J connectivity index is 0. The maximum atomic E-state index is 2.26. The highest BCUT2D eigenvalue weighted by molar-refractivity contribution is 5.75. The molecule has 0 atom stereocenters. The number of rotatable bonds is 5. The quantitative estimate of drug-likeness (QED) is 0.405. The van der Waals surface area contributed by atoms with Crippen LogP contribution in [-0.2, 0) is 0 Å². The van der Waals surface area contributed by atoms with Gasteiger partial charge in [-0.1, -0.05) is 52.4 Å². The fourth-order valence-electron chi connectivity index (χ4n) is 0.854. The second kappa shape index (κ2) is 11.5. The Morgan fingerprint density at radius 2 is 1.00 bits per heavy atom. The summed E-state index contributed by atoms with van der Waals surface area (Å²) in [5.74, 6) is 0. The molecule has 9 heavy (non-hydrogen) atoms. The van der Waals surface area contributed by atoms with E-state index in [1.54, 1.807) is 0 Å². The molecule has 0 aliphatic carbocycles. The van der Waals surface area contributed by atoms with Crippen LogP contribution in [0.1, 0.15) is 52.4 Å². The molecule has 52 valence electrons. The minimum atomic E-state index is 0. The molecule has 0 bridgehead atoms. The molecule has 0 nitrogen and oxygen atoms in total. The van der Waals surface area contributed by atoms with Gasteiger partial charge in [-0.2, -0.15) is 0 Å². The topological polar surface area (TPSA) is 0 Å². The maximum absolute atomic E-state index is 2.26. The Labute approximate surface area is 75.6 Å². The number of hydrogen-bond acceptors (Lipinski definition) is 0. The van der Waals surface area contributed by atoms with Crippen LogP contribution in [-0.4, -0.2) is 23.1 Å². The zero-order valence-electron chi connectivity index (χ0n) is 6.95. The summed E-state index contributed by atoms with van der Waals surface area (Å²) in [5.41, 5.74) is 0. The molecule has 0 aliphatic rings. The van der Waals surface area contributed by atoms with Crippen LogP contribution in [0.2, 0.25) is 0 Å². The summed E-state index contributed by atoms with van der Waals surface area (Å²) in [6, 6.07) is 0. The summed E-state index contributed by atoms with van der Waals surface area (Å²) in [4.78, 5) is 0. The fourth-order valence-corrected chi connectivity index (χ4v) is 0.854. The molecule has 0 aromatic rings. The Bertz CT molecular complexity index is 29.5. The van der Waals surface area contributed by atoms with Crippen molar-refractivity contribution < 1.29 is 0 Å². The molecule has 0 rings (SSSR count). The minimum absolute atomic E-state index is 0. The molecule has 2 radical (unpaired) electrons. The van der Waals surface area contributed by atoms with Gasteiger partial charge in [0.05, 0.1) is 0 Å². The Hall–Kier alpha value is 0.766. The summed E-state index contributed by atoms with van der Waals surface area (Å²) in [6.07, 6.45) is 8.49. The molecule has 0 amide bonds. The van der Waals surface area contributed by atoms with E-state index in [2.05, 4.69) is 13.8 Å². The molecular weight excluding hydrogens is 120 g/mol. The largest absolute Gasteiger partial charge is 0.0654 e. The normalized spacial score (nSPS) is 8.67. The van der Waals surface area contributed by atoms with Crippen LogP contribution in [0, 0.1) is 0 Å². The smallest absolute Gasteiger partial charge is 0 e. The molecule has 0 heterocycles. The van der Waals surface area contributed by atoms with Crippen LogP contribution >= 0.6 is 0 Å². The summed E-state index contributed by atoms with van der Waals surface area (Å²) in [5, 5.41) is 0. The average molecular weight is 139 g/mol. The molecule has 0 saturated heterocycles. The highest BCUT2D eigenvalue weighted by Crippen LogP contribution is 2.03. The molecule has 0 aliphatic heterocycles. The average Bonchev–Trinajstić information content (AvgIpc) is 1.81. The van der Waals surface area contributed by atoms with Gasteiger partial charge in [0, 0.05) is 23.1 Å². The standard InChI is InChI=1S/C8H18.Mg/c1-3-5-7-8-6-4-2;/h3-8H2,1-2H3;. The predicted octanol–water partition coefficient (Wildman–Crippen LogP) is 2.99. The van der Waals surface area contributed by atoms with Crippen molar-refractivity contribution in [1.29, 1.82) is 0 Å². The van der Waals surface area contributed by atoms with E-state index in [1.165, 1.54) is 38.5 Å². The molecule has 1 heteroatoms. The van der Waals surface area contributed by atoms with Crippen molar-refractivity contribution in [3.8, 4) is 0 Å². The molecule has 0 fully saturated rings. The lowest BCUT2D eigenvalue weighted by Gasteiger charge is -1.93. The van der Waals surface area contributed by atoms with Crippen molar-refractivity contribution in [2.24, 2.45) is 0 Å². The van der Waals surface area contributed by atoms with Gasteiger partial charge in [-0.05, 0) is 0 Å². The third-order valence-electron chi connectivity index (χ3n) is 1.46. The Kier molecular flexibility index (Phi) is 16.0. The van der Waals surface area contributed by atoms with Gasteiger partial charge in [0.25, 0.3) is 0 Å². The first kappa shape index (κ1) is 12.4. The number of hydrogen-bond donors (Lipinski definition) is 0. The van der Waals surface area contributed by atoms with Crippen LogP contribution in [0.15, 0.2) is 0 Å². The SMILES string of the molecule is CCCCCCCC.[Mg]. The summed E-state index contributed by atoms with van der Waals surface area (Å²) in [7, 11) is 0. The van der Waals surface area contributed by atoms with Gasteiger partial charge in [-0.25, -0.2) is 0 Å². The van der Waals surface area contributed by atoms with E-state index < -0.39 is 0 Å². The second-order valence-corrected chi connectivity index (χ2v) is 2.41. The van der Waals surface area contributed by atoms with Gasteiger partial charge in [-0.15, -0.1) is 0 Å². The first-order chi connectivity index (χ1) is 3.91. The highest BCUT2D eigenvalue weighted by Gasteiger charge is 1.83. The zero-order valence-corrected chi connectivity index (χ0v) is 8.36. The first-order valence-electron chi connectivity index (χ1n) is 3.91. The van der Waals surface area contributed by atoms with Gasteiger partial charge >= 0.3 is 0 Å². The van der Waals surface area contributed by atoms with Gasteiger partial charge in [0.15, 0.2) is 0 Å². The minimum Gasteiger partial charge on any atom is -0.0654 e. The van der Waals surface area contributed by atoms with Crippen molar-refractivity contribution in [3.63, 3.8) is 0 Å². The molecular formula is C8H18Mg. The van der Waals surface area contributed by atoms with E-state index in [4.69, 9.17) is 0 Å². The predicted molar refractivity (Wildman–Crippen MR) is 44.8 cm³/mol. The lowest BCUT2D eigenvalue weighted by molar-refractivity contribution is 0.624. The fraction of sp³-hybridized carbons (Fsp3) is 1.00. The van der Waals surface area contributed by atoms with Crippen molar-refractivity contribution in [2.45, 2.75) is 52.4 Å². The van der Waals surface area contributed by atoms with Gasteiger partial charge in [0.2, 0.25) is 0 Å². The van der Waals surface area contributed by atoms with Crippen LogP contribution < -0.4 is 0 Å². The van der Waals surface area contributed by atoms with Crippen LogP contribution in [0.25, 0.3) is 0 Å². The van der Waals surface area contributed by atoms with Gasteiger partial charge in [0.1, 0.15) is 0 Å². The number of unbranched alkanes of at least 4 members (excludes halogenated alkanes) is 5. The lowest BCUT2D eigenvalue weighted by atomic mass is 10.1. The van der Waals surface area contributed by atoms with Crippen molar-refractivity contribution >= 4 is 23.1 Å². The molecule has 0 spiro atoms. The van der Waals surface area contributed by atoms with Crippen LogP contribution in [0.5, 0.6) is 0 Å². The van der Waals surface area contributed by atoms with Gasteiger partial charge < -0.3 is 0 Å². The van der Waals surface area contributed by atoms with E-state index in [-0.39, 0.29) is 23.1 Å². The van der Waals surface area contributed by atoms with E-state index in [0.717, 1.165) is 0 Å². The molecule has 0 aromatic heterocycles. The molecule has 0 unspecified atom stereocenters. The zero-order chi connectivity index (χ0) is 6.24. The Morgan fingerprint density at radius 3 is 1.22 bits per heavy atom. The van der Waals surface area contributed by atoms with Crippen molar-refractivity contribution in [3.05, 3.63) is 0 Å². The van der Waals surface area contributed by atoms with Gasteiger partial charge in [-0.3, -0.25) is 0 Å². The summed E-state index contributed by atoms with van der Waals surface area (Å²) < 4.78 is 0. The lowest BCUT2D eigenvalue weighted by Crippen LogP contribution is -1.73. The monoisotopic (exact) mass is 138 g/mol. The van der Waals surface area contributed by atoms with Crippen molar-refractivity contribution in [1.82, 2.24) is 0 Å². The van der Waals surface area contributed by atoms with Crippen LogP contribution in [0.3, 0.4) is 0 Å². The third-order valence-corrected chi connectivity index (χ3v) is 1.46. The van der Waals surface area contributed by atoms with E-state index in [1.807, 2.05) is 0 Å². The van der Waals surface area contributed by atoms with E-state index in [0.29, 0.717) is 0 Å². The third kappa shape index (κ3) is 12.1. The summed E-state index contributed by atoms with van der Waals surface area (Å²) in [6.45, 7) is 4.51. The molecule has 0 saturated carbocycles. The first-order valence-corrected chi connectivity index (χ1v) is 3.91. The van der Waals surface area contributed by atoms with E-state index in [9.17, 15) is 0 Å².